The molecule has 2 aromatic heterocycles. The number of pyridine rings is 1. The maximum absolute atomic E-state index is 14.0. The maximum Gasteiger partial charge on any atom is 0.220 e. The Kier molecular flexibility index (Phi) is 3.09. The van der Waals surface area contributed by atoms with Crippen LogP contribution in [0.15, 0.2) is 55.0 Å². The summed E-state index contributed by atoms with van der Waals surface area (Å²) in [6.07, 6.45) is 4.84. The number of nitrogens with zero attached hydrogens (tertiary/aromatic N) is 3. The Morgan fingerprint density at radius 3 is 2.45 bits per heavy atom. The molecule has 4 nitrogen and oxygen atoms in total. The van der Waals surface area contributed by atoms with E-state index in [1.54, 1.807) is 42.7 Å². The zero-order chi connectivity index (χ0) is 13.9. The first kappa shape index (κ1) is 12.2. The van der Waals surface area contributed by atoms with Crippen LogP contribution in [-0.2, 0) is 0 Å². The third-order valence-corrected chi connectivity index (χ3v) is 2.93. The second-order valence-corrected chi connectivity index (χ2v) is 4.21. The number of nitrogen functional groups attached to an aromatic ring is 1. The van der Waals surface area contributed by atoms with E-state index in [4.69, 9.17) is 5.73 Å². The Morgan fingerprint density at radius 1 is 0.950 bits per heavy atom. The van der Waals surface area contributed by atoms with Crippen molar-refractivity contribution in [3.8, 4) is 22.4 Å². The molecule has 0 saturated heterocycles. The maximum atomic E-state index is 14.0. The van der Waals surface area contributed by atoms with Gasteiger partial charge in [0, 0.05) is 35.3 Å². The number of halogens is 1. The molecule has 0 spiro atoms. The molecule has 0 atom stereocenters. The topological polar surface area (TPSA) is 64.7 Å². The highest BCUT2D eigenvalue weighted by Gasteiger charge is 2.13. The van der Waals surface area contributed by atoms with Crippen molar-refractivity contribution in [1.82, 2.24) is 15.0 Å². The van der Waals surface area contributed by atoms with E-state index >= 15 is 0 Å². The van der Waals surface area contributed by atoms with Gasteiger partial charge in [0.05, 0.1) is 5.69 Å². The summed E-state index contributed by atoms with van der Waals surface area (Å²) >= 11 is 0. The first-order valence-corrected chi connectivity index (χ1v) is 6.03. The van der Waals surface area contributed by atoms with Gasteiger partial charge in [-0.1, -0.05) is 18.2 Å². The van der Waals surface area contributed by atoms with Crippen LogP contribution < -0.4 is 5.73 Å². The normalized spacial score (nSPS) is 10.4. The molecule has 0 amide bonds. The van der Waals surface area contributed by atoms with Crippen LogP contribution in [0.3, 0.4) is 0 Å². The fourth-order valence-electron chi connectivity index (χ4n) is 2.00. The van der Waals surface area contributed by atoms with E-state index in [9.17, 15) is 4.39 Å². The van der Waals surface area contributed by atoms with E-state index in [1.165, 1.54) is 12.3 Å². The number of hydrogen-bond donors (Lipinski definition) is 1. The molecule has 1 aromatic carbocycles. The number of aromatic nitrogens is 3. The van der Waals surface area contributed by atoms with Crippen LogP contribution in [0.1, 0.15) is 0 Å². The van der Waals surface area contributed by atoms with Crippen LogP contribution >= 0.6 is 0 Å². The minimum absolute atomic E-state index is 0.150. The largest absolute Gasteiger partial charge is 0.368 e. The molecule has 0 aliphatic carbocycles. The summed E-state index contributed by atoms with van der Waals surface area (Å²) in [6.45, 7) is 0. The molecule has 3 rings (SSSR count). The van der Waals surface area contributed by atoms with Gasteiger partial charge in [-0.15, -0.1) is 0 Å². The van der Waals surface area contributed by atoms with Gasteiger partial charge in [0.2, 0.25) is 5.95 Å². The fraction of sp³-hybridized carbons (Fsp3) is 0. The zero-order valence-electron chi connectivity index (χ0n) is 10.5. The van der Waals surface area contributed by atoms with Gasteiger partial charge in [-0.05, 0) is 18.2 Å². The van der Waals surface area contributed by atoms with Crippen LogP contribution in [0.2, 0.25) is 0 Å². The van der Waals surface area contributed by atoms with Crippen LogP contribution in [0.25, 0.3) is 22.4 Å². The number of nitrogens with two attached hydrogens (primary N) is 1. The van der Waals surface area contributed by atoms with E-state index < -0.39 is 0 Å². The Labute approximate surface area is 115 Å². The van der Waals surface area contributed by atoms with E-state index in [0.29, 0.717) is 16.8 Å². The first-order chi connectivity index (χ1) is 9.75. The predicted molar refractivity (Wildman–Crippen MR) is 75.1 cm³/mol. The van der Waals surface area contributed by atoms with E-state index in [2.05, 4.69) is 15.0 Å². The number of benzene rings is 1. The SMILES string of the molecule is Nc1ncc(-c2ccccc2F)c(-c2ccncc2)n1. The smallest absolute Gasteiger partial charge is 0.220 e. The fourth-order valence-corrected chi connectivity index (χ4v) is 2.00. The number of hydrogen-bond acceptors (Lipinski definition) is 4. The van der Waals surface area contributed by atoms with Crippen molar-refractivity contribution in [1.29, 1.82) is 0 Å². The van der Waals surface area contributed by atoms with Crippen molar-refractivity contribution >= 4 is 5.95 Å². The van der Waals surface area contributed by atoms with Gasteiger partial charge in [0.25, 0.3) is 0 Å². The highest BCUT2D eigenvalue weighted by Crippen LogP contribution is 2.31. The Morgan fingerprint density at radius 2 is 1.70 bits per heavy atom. The molecule has 0 saturated carbocycles. The molecule has 3 aromatic rings. The van der Waals surface area contributed by atoms with Crippen LogP contribution in [0, 0.1) is 5.82 Å². The van der Waals surface area contributed by atoms with Crippen molar-refractivity contribution in [3.05, 3.63) is 60.8 Å². The molecule has 2 N–H and O–H groups in total. The summed E-state index contributed by atoms with van der Waals surface area (Å²) in [4.78, 5) is 12.2. The second-order valence-electron chi connectivity index (χ2n) is 4.21. The monoisotopic (exact) mass is 266 g/mol. The van der Waals surface area contributed by atoms with Crippen LogP contribution in [-0.4, -0.2) is 15.0 Å². The Bertz CT molecular complexity index is 744. The molecule has 0 radical (unpaired) electrons. The van der Waals surface area contributed by atoms with Gasteiger partial charge in [-0.2, -0.15) is 0 Å². The third kappa shape index (κ3) is 2.21. The Balaban J connectivity index is 2.25. The second kappa shape index (κ2) is 5.05. The van der Waals surface area contributed by atoms with Crippen molar-refractivity contribution in [2.75, 3.05) is 5.73 Å². The van der Waals surface area contributed by atoms with Gasteiger partial charge < -0.3 is 5.73 Å². The summed E-state index contributed by atoms with van der Waals surface area (Å²) in [7, 11) is 0. The molecule has 0 fully saturated rings. The van der Waals surface area contributed by atoms with E-state index in [0.717, 1.165) is 5.56 Å². The zero-order valence-corrected chi connectivity index (χ0v) is 10.5. The van der Waals surface area contributed by atoms with Gasteiger partial charge >= 0.3 is 0 Å². The summed E-state index contributed by atoms with van der Waals surface area (Å²) in [5.74, 6) is -0.173. The quantitative estimate of drug-likeness (QED) is 0.774. The summed E-state index contributed by atoms with van der Waals surface area (Å²) in [6, 6.07) is 10.1. The molecule has 0 aliphatic rings. The van der Waals surface area contributed by atoms with E-state index in [-0.39, 0.29) is 11.8 Å². The average molecular weight is 266 g/mol. The molecule has 20 heavy (non-hydrogen) atoms. The predicted octanol–water partition coefficient (Wildman–Crippen LogP) is 2.93. The average Bonchev–Trinajstić information content (AvgIpc) is 2.49. The number of anilines is 1. The molecule has 0 unspecified atom stereocenters. The summed E-state index contributed by atoms with van der Waals surface area (Å²) in [5, 5.41) is 0. The minimum Gasteiger partial charge on any atom is -0.368 e. The first-order valence-electron chi connectivity index (χ1n) is 6.03. The van der Waals surface area contributed by atoms with Crippen molar-refractivity contribution in [3.63, 3.8) is 0 Å². The third-order valence-electron chi connectivity index (χ3n) is 2.93. The standard InChI is InChI=1S/C15H11FN4/c16-13-4-2-1-3-11(13)12-9-19-15(17)20-14(12)10-5-7-18-8-6-10/h1-9H,(H2,17,19,20). The van der Waals surface area contributed by atoms with Gasteiger partial charge in [-0.3, -0.25) is 4.98 Å². The lowest BCUT2D eigenvalue weighted by Gasteiger charge is -2.09. The van der Waals surface area contributed by atoms with Crippen LogP contribution in [0.4, 0.5) is 10.3 Å². The van der Waals surface area contributed by atoms with Crippen molar-refractivity contribution in [2.24, 2.45) is 0 Å². The lowest BCUT2D eigenvalue weighted by Crippen LogP contribution is -1.99. The lowest BCUT2D eigenvalue weighted by atomic mass is 10.0. The van der Waals surface area contributed by atoms with E-state index in [1.807, 2.05) is 0 Å². The minimum atomic E-state index is -0.323. The highest BCUT2D eigenvalue weighted by molar-refractivity contribution is 5.80. The molecule has 2 heterocycles. The molecule has 0 bridgehead atoms. The summed E-state index contributed by atoms with van der Waals surface area (Å²) in [5.41, 5.74) is 8.09. The molecule has 5 heteroatoms. The molecule has 0 aliphatic heterocycles. The van der Waals surface area contributed by atoms with Gasteiger partial charge in [0.1, 0.15) is 5.82 Å². The summed E-state index contributed by atoms with van der Waals surface area (Å²) < 4.78 is 14.0. The number of rotatable bonds is 2. The lowest BCUT2D eigenvalue weighted by molar-refractivity contribution is 0.631. The van der Waals surface area contributed by atoms with Gasteiger partial charge in [0.15, 0.2) is 0 Å². The Hall–Kier alpha value is -2.82. The van der Waals surface area contributed by atoms with Crippen molar-refractivity contribution < 1.29 is 4.39 Å². The van der Waals surface area contributed by atoms with Crippen LogP contribution in [0.5, 0.6) is 0 Å². The van der Waals surface area contributed by atoms with Gasteiger partial charge in [-0.25, -0.2) is 14.4 Å². The molecule has 98 valence electrons. The van der Waals surface area contributed by atoms with Crippen molar-refractivity contribution in [2.45, 2.75) is 0 Å². The molecular formula is C15H11FN4. The highest BCUT2D eigenvalue weighted by atomic mass is 19.1. The molecular weight excluding hydrogens is 255 g/mol.